The first-order chi connectivity index (χ1) is 20.1. The number of hydrogen-bond donors (Lipinski definition) is 0. The molecule has 0 unspecified atom stereocenters. The van der Waals surface area contributed by atoms with Crippen molar-refractivity contribution in [1.82, 2.24) is 0 Å². The number of benzene rings is 3. The molecule has 42 heavy (non-hydrogen) atoms. The zero-order valence-electron chi connectivity index (χ0n) is 23.0. The van der Waals surface area contributed by atoms with Gasteiger partial charge >= 0.3 is 17.2 Å². The van der Waals surface area contributed by atoms with E-state index in [9.17, 15) is 31.3 Å². The number of esters is 2. The smallest absolute Gasteiger partial charge is 0.428 e. The maximum atomic E-state index is 12.7. The molecule has 7 nitrogen and oxygen atoms in total. The third kappa shape index (κ3) is 11.8. The fourth-order valence-corrected chi connectivity index (χ4v) is 5.94. The summed E-state index contributed by atoms with van der Waals surface area (Å²) < 4.78 is 64.8. The zero-order chi connectivity index (χ0) is 30.8. The highest BCUT2D eigenvalue weighted by Crippen LogP contribution is 2.30. The average molecular weight is 621 g/mol. The van der Waals surface area contributed by atoms with Crippen molar-refractivity contribution in [1.29, 1.82) is 0 Å². The SMILES string of the molecule is C=CC(=O)OCCCCCCCCOC(=O)C(F)(F)S(=O)(=O)[O-].c1ccc([S+](c2ccccc2)c2ccccc2)cc1. The molecule has 0 atom stereocenters. The van der Waals surface area contributed by atoms with Crippen LogP contribution in [0, 0.1) is 0 Å². The molecule has 3 rings (SSSR count). The van der Waals surface area contributed by atoms with Crippen LogP contribution in [0.4, 0.5) is 8.78 Å². The van der Waals surface area contributed by atoms with Gasteiger partial charge in [-0.15, -0.1) is 0 Å². The van der Waals surface area contributed by atoms with Crippen LogP contribution in [-0.2, 0) is 40.1 Å². The van der Waals surface area contributed by atoms with Gasteiger partial charge in [-0.2, -0.15) is 8.78 Å². The first-order valence-corrected chi connectivity index (χ1v) is 15.9. The molecule has 0 aliphatic carbocycles. The number of unbranched alkanes of at least 4 members (excludes halogenated alkanes) is 5. The molecule has 226 valence electrons. The molecule has 0 aromatic heterocycles. The van der Waals surface area contributed by atoms with E-state index in [-0.39, 0.29) is 23.9 Å². The van der Waals surface area contributed by atoms with E-state index in [0.717, 1.165) is 25.3 Å². The molecule has 0 saturated heterocycles. The second-order valence-corrected chi connectivity index (χ2v) is 12.3. The van der Waals surface area contributed by atoms with Crippen molar-refractivity contribution in [2.75, 3.05) is 13.2 Å². The van der Waals surface area contributed by atoms with Gasteiger partial charge in [-0.05, 0) is 49.2 Å². The molecule has 0 bridgehead atoms. The molecule has 3 aromatic rings. The molecule has 0 N–H and O–H groups in total. The lowest BCUT2D eigenvalue weighted by atomic mass is 10.1. The molecule has 0 heterocycles. The van der Waals surface area contributed by atoms with Crippen LogP contribution in [0.5, 0.6) is 0 Å². The maximum absolute atomic E-state index is 12.7. The number of rotatable bonds is 15. The van der Waals surface area contributed by atoms with E-state index in [1.54, 1.807) is 0 Å². The fourth-order valence-electron chi connectivity index (χ4n) is 3.57. The minimum absolute atomic E-state index is 0.0146. The lowest BCUT2D eigenvalue weighted by Gasteiger charge is -2.17. The van der Waals surface area contributed by atoms with Crippen molar-refractivity contribution < 1.29 is 40.8 Å². The molecular weight excluding hydrogens is 586 g/mol. The summed E-state index contributed by atoms with van der Waals surface area (Å²) >= 11 is 0. The highest BCUT2D eigenvalue weighted by Gasteiger charge is 2.48. The zero-order valence-corrected chi connectivity index (χ0v) is 24.7. The molecule has 0 radical (unpaired) electrons. The summed E-state index contributed by atoms with van der Waals surface area (Å²) in [7, 11) is -6.08. The van der Waals surface area contributed by atoms with Gasteiger partial charge in [0.15, 0.2) is 24.8 Å². The summed E-state index contributed by atoms with van der Waals surface area (Å²) in [5.41, 5.74) is 0. The minimum atomic E-state index is -6.07. The van der Waals surface area contributed by atoms with Crippen LogP contribution in [0.1, 0.15) is 38.5 Å². The Labute approximate surface area is 248 Å². The summed E-state index contributed by atoms with van der Waals surface area (Å²) in [6.07, 6.45) is 4.96. The predicted molar refractivity (Wildman–Crippen MR) is 156 cm³/mol. The van der Waals surface area contributed by atoms with Crippen molar-refractivity contribution in [3.05, 3.63) is 104 Å². The molecule has 0 amide bonds. The van der Waals surface area contributed by atoms with Gasteiger partial charge in [0.2, 0.25) is 0 Å². The third-order valence-electron chi connectivity index (χ3n) is 5.67. The normalized spacial score (nSPS) is 11.2. The Morgan fingerprint density at radius 2 is 1.07 bits per heavy atom. The van der Waals surface area contributed by atoms with Crippen LogP contribution in [0.2, 0.25) is 0 Å². The minimum Gasteiger partial charge on any atom is -0.743 e. The molecule has 11 heteroatoms. The van der Waals surface area contributed by atoms with Crippen LogP contribution in [0.25, 0.3) is 0 Å². The predicted octanol–water partition coefficient (Wildman–Crippen LogP) is 6.52. The lowest BCUT2D eigenvalue weighted by Crippen LogP contribution is -2.39. The van der Waals surface area contributed by atoms with Gasteiger partial charge in [0, 0.05) is 6.08 Å². The summed E-state index contributed by atoms with van der Waals surface area (Å²) in [4.78, 5) is 25.6. The van der Waals surface area contributed by atoms with Gasteiger partial charge < -0.3 is 14.0 Å². The van der Waals surface area contributed by atoms with Gasteiger partial charge in [0.25, 0.3) is 0 Å². The van der Waals surface area contributed by atoms with E-state index >= 15 is 0 Å². The Balaban J connectivity index is 0.000000297. The van der Waals surface area contributed by atoms with Crippen LogP contribution in [-0.4, -0.2) is 43.4 Å². The van der Waals surface area contributed by atoms with Crippen molar-refractivity contribution in [2.45, 2.75) is 58.5 Å². The van der Waals surface area contributed by atoms with Crippen molar-refractivity contribution >= 4 is 33.0 Å². The van der Waals surface area contributed by atoms with Gasteiger partial charge in [0.05, 0.1) is 24.1 Å². The van der Waals surface area contributed by atoms with E-state index < -0.39 is 27.3 Å². The molecular formula is C31H34F2O7S2. The van der Waals surface area contributed by atoms with E-state index in [2.05, 4.69) is 102 Å². The Morgan fingerprint density at radius 1 is 0.714 bits per heavy atom. The monoisotopic (exact) mass is 620 g/mol. The number of hydrogen-bond acceptors (Lipinski definition) is 7. The topological polar surface area (TPSA) is 110 Å². The number of carbonyl (C=O) groups is 2. The average Bonchev–Trinajstić information content (AvgIpc) is 2.99. The summed E-state index contributed by atoms with van der Waals surface area (Å²) in [5.74, 6) is -2.83. The Morgan fingerprint density at radius 3 is 1.43 bits per heavy atom. The Kier molecular flexibility index (Phi) is 14.9. The van der Waals surface area contributed by atoms with Crippen molar-refractivity contribution in [3.8, 4) is 0 Å². The first kappa shape index (κ1) is 34.7. The Hall–Kier alpha value is -3.54. The highest BCUT2D eigenvalue weighted by molar-refractivity contribution is 7.97. The highest BCUT2D eigenvalue weighted by atomic mass is 32.2. The summed E-state index contributed by atoms with van der Waals surface area (Å²) in [6, 6.07) is 32.2. The van der Waals surface area contributed by atoms with Crippen molar-refractivity contribution in [3.63, 3.8) is 0 Å². The van der Waals surface area contributed by atoms with Gasteiger partial charge in [0.1, 0.15) is 0 Å². The molecule has 3 aromatic carbocycles. The standard InChI is InChI=1S/C18H15S.C13H20F2O7S/c1-4-10-16(11-5-1)19(17-12-6-2-7-13-17)18-14-8-3-9-15-18;1-2-11(16)21-9-7-5-3-4-6-8-10-22-12(17)13(14,15)23(18,19)20/h1-15H;2H,1,3-10H2,(H,18,19,20)/q+1;/p-1. The molecule has 0 saturated carbocycles. The summed E-state index contributed by atoms with van der Waals surface area (Å²) in [5, 5.41) is -5.06. The lowest BCUT2D eigenvalue weighted by molar-refractivity contribution is -0.161. The Bertz CT molecular complexity index is 1240. The van der Waals surface area contributed by atoms with Crippen LogP contribution in [0.15, 0.2) is 118 Å². The van der Waals surface area contributed by atoms with Crippen molar-refractivity contribution in [2.24, 2.45) is 0 Å². The molecule has 0 aliphatic heterocycles. The second-order valence-electron chi connectivity index (χ2n) is 8.85. The van der Waals surface area contributed by atoms with Crippen LogP contribution >= 0.6 is 0 Å². The molecule has 0 aliphatic rings. The quantitative estimate of drug-likeness (QED) is 0.0626. The van der Waals surface area contributed by atoms with E-state index in [4.69, 9.17) is 4.74 Å². The van der Waals surface area contributed by atoms with Gasteiger partial charge in [-0.25, -0.2) is 18.0 Å². The van der Waals surface area contributed by atoms with Crippen LogP contribution < -0.4 is 0 Å². The van der Waals surface area contributed by atoms with Gasteiger partial charge in [-0.3, -0.25) is 0 Å². The summed E-state index contributed by atoms with van der Waals surface area (Å²) in [6.45, 7) is 3.16. The maximum Gasteiger partial charge on any atom is 0.428 e. The van der Waals surface area contributed by atoms with Crippen LogP contribution in [0.3, 0.4) is 0 Å². The largest absolute Gasteiger partial charge is 0.743 e. The fraction of sp³-hybridized carbons (Fsp3) is 0.290. The first-order valence-electron chi connectivity index (χ1n) is 13.3. The molecule has 0 fully saturated rings. The third-order valence-corrected chi connectivity index (χ3v) is 8.70. The second kappa shape index (κ2) is 18.1. The van der Waals surface area contributed by atoms with Gasteiger partial charge in [-0.1, -0.05) is 86.9 Å². The number of ether oxygens (including phenoxy) is 2. The number of carbonyl (C=O) groups excluding carboxylic acids is 2. The van der Waals surface area contributed by atoms with E-state index in [1.165, 1.54) is 14.7 Å². The number of alkyl halides is 2. The molecule has 0 spiro atoms. The van der Waals surface area contributed by atoms with E-state index in [0.29, 0.717) is 19.4 Å². The number of halogens is 2. The van der Waals surface area contributed by atoms with E-state index in [1.807, 2.05) is 0 Å².